The number of carbonyl (C=O) groups excluding carboxylic acids is 1. The minimum absolute atomic E-state index is 0.384. The lowest BCUT2D eigenvalue weighted by molar-refractivity contribution is -0.137. The summed E-state index contributed by atoms with van der Waals surface area (Å²) in [6.45, 7) is 0. The molecule has 0 radical (unpaired) electrons. The van der Waals surface area contributed by atoms with Gasteiger partial charge in [0.1, 0.15) is 0 Å². The van der Waals surface area contributed by atoms with E-state index < -0.39 is 11.3 Å². The summed E-state index contributed by atoms with van der Waals surface area (Å²) in [7, 11) is 0. The zero-order chi connectivity index (χ0) is 10.4. The smallest absolute Gasteiger partial charge is 0.337 e. The molecule has 0 spiro atoms. The van der Waals surface area contributed by atoms with Gasteiger partial charge < -0.3 is 10.4 Å². The lowest BCUT2D eigenvalue weighted by Crippen LogP contribution is -2.32. The van der Waals surface area contributed by atoms with Crippen molar-refractivity contribution < 1.29 is 14.7 Å². The molecule has 74 valence electrons. The number of benzene rings is 1. The molecule has 0 bridgehead atoms. The van der Waals surface area contributed by atoms with E-state index in [2.05, 4.69) is 5.32 Å². The van der Waals surface area contributed by atoms with Gasteiger partial charge in [-0.15, -0.1) is 0 Å². The average molecular weight is 211 g/mol. The molecule has 0 aliphatic rings. The molecule has 0 aliphatic carbocycles. The Morgan fingerprint density at radius 3 is 2.57 bits per heavy atom. The topological polar surface area (TPSA) is 66.4 Å². The van der Waals surface area contributed by atoms with Gasteiger partial charge in [-0.25, -0.2) is 4.79 Å². The first-order chi connectivity index (χ1) is 6.74. The number of rotatable bonds is 5. The fraction of sp³-hybridized carbons (Fsp3) is 0.111. The first kappa shape index (κ1) is 10.6. The van der Waals surface area contributed by atoms with Crippen LogP contribution in [-0.2, 0) is 9.59 Å². The van der Waals surface area contributed by atoms with E-state index in [1.807, 2.05) is 18.2 Å². The van der Waals surface area contributed by atoms with E-state index in [4.69, 9.17) is 5.11 Å². The Kier molecular flexibility index (Phi) is 4.00. The quantitative estimate of drug-likeness (QED) is 0.432. The molecule has 0 saturated heterocycles. The van der Waals surface area contributed by atoms with Crippen LogP contribution in [0.5, 0.6) is 0 Å². The maximum absolute atomic E-state index is 10.7. The molecule has 0 heterocycles. The van der Waals surface area contributed by atoms with E-state index >= 15 is 0 Å². The normalized spacial score (nSPS) is 11.7. The summed E-state index contributed by atoms with van der Waals surface area (Å²) >= 11 is 1.08. The molecule has 5 heteroatoms. The van der Waals surface area contributed by atoms with E-state index in [1.54, 1.807) is 12.1 Å². The predicted octanol–water partition coefficient (Wildman–Crippen LogP) is 0.935. The molecule has 1 amide bonds. The van der Waals surface area contributed by atoms with E-state index in [0.29, 0.717) is 6.41 Å². The first-order valence-corrected chi connectivity index (χ1v) is 4.76. The molecule has 0 aromatic heterocycles. The van der Waals surface area contributed by atoms with Gasteiger partial charge in [-0.1, -0.05) is 30.0 Å². The number of aliphatic carboxylic acids is 1. The number of carboxylic acid groups (broad SMARTS) is 1. The van der Waals surface area contributed by atoms with Crippen molar-refractivity contribution in [3.8, 4) is 0 Å². The molecule has 0 unspecified atom stereocenters. The summed E-state index contributed by atoms with van der Waals surface area (Å²) < 4.78 is 0. The van der Waals surface area contributed by atoms with Crippen LogP contribution in [0.4, 0.5) is 0 Å². The molecular formula is C9H9NO3S. The zero-order valence-electron chi connectivity index (χ0n) is 7.21. The minimum atomic E-state index is -1.06. The molecule has 2 N–H and O–H groups in total. The summed E-state index contributed by atoms with van der Waals surface area (Å²) in [5, 5.41) is 10.0. The molecule has 1 rings (SSSR count). The predicted molar refractivity (Wildman–Crippen MR) is 52.9 cm³/mol. The Morgan fingerprint density at radius 2 is 2.07 bits per heavy atom. The Balaban J connectivity index is 2.64. The van der Waals surface area contributed by atoms with Crippen LogP contribution in [0.1, 0.15) is 0 Å². The van der Waals surface area contributed by atoms with Crippen molar-refractivity contribution in [1.29, 1.82) is 0 Å². The standard InChI is InChI=1S/C9H9NO3S/c11-6-10-8(9(12)13)14-7-4-2-1-3-5-7/h1-6,8H,(H,10,11)(H,12,13)/t8-/m0/s1. The summed E-state index contributed by atoms with van der Waals surface area (Å²) in [6, 6.07) is 9.03. The number of nitrogens with one attached hydrogen (secondary N) is 1. The third-order valence-corrected chi connectivity index (χ3v) is 2.56. The van der Waals surface area contributed by atoms with Crippen molar-refractivity contribution in [1.82, 2.24) is 5.32 Å². The summed E-state index contributed by atoms with van der Waals surface area (Å²) in [6.07, 6.45) is 0.384. The second-order valence-electron chi connectivity index (χ2n) is 2.43. The van der Waals surface area contributed by atoms with E-state index in [0.717, 1.165) is 16.7 Å². The van der Waals surface area contributed by atoms with Gasteiger partial charge in [-0.2, -0.15) is 0 Å². The molecule has 1 aromatic carbocycles. The lowest BCUT2D eigenvalue weighted by atomic mass is 10.4. The number of carbonyl (C=O) groups is 2. The molecular weight excluding hydrogens is 202 g/mol. The van der Waals surface area contributed by atoms with E-state index in [1.165, 1.54) is 0 Å². The van der Waals surface area contributed by atoms with Crippen LogP contribution in [0, 0.1) is 0 Å². The van der Waals surface area contributed by atoms with Gasteiger partial charge in [-0.05, 0) is 12.1 Å². The molecule has 0 fully saturated rings. The highest BCUT2D eigenvalue weighted by atomic mass is 32.2. The van der Waals surface area contributed by atoms with Crippen molar-refractivity contribution in [2.24, 2.45) is 0 Å². The number of hydrogen-bond donors (Lipinski definition) is 2. The minimum Gasteiger partial charge on any atom is -0.479 e. The Morgan fingerprint density at radius 1 is 1.43 bits per heavy atom. The van der Waals surface area contributed by atoms with Crippen LogP contribution in [0.3, 0.4) is 0 Å². The maximum atomic E-state index is 10.7. The maximum Gasteiger partial charge on any atom is 0.337 e. The molecule has 14 heavy (non-hydrogen) atoms. The monoisotopic (exact) mass is 211 g/mol. The largest absolute Gasteiger partial charge is 0.479 e. The summed E-state index contributed by atoms with van der Waals surface area (Å²) in [5.41, 5.74) is 0. The third kappa shape index (κ3) is 3.10. The van der Waals surface area contributed by atoms with Crippen molar-refractivity contribution in [3.63, 3.8) is 0 Å². The Hall–Kier alpha value is -1.49. The van der Waals surface area contributed by atoms with Gasteiger partial charge in [-0.3, -0.25) is 4.79 Å². The third-order valence-electron chi connectivity index (χ3n) is 1.44. The first-order valence-electron chi connectivity index (χ1n) is 3.88. The van der Waals surface area contributed by atoms with Crippen molar-refractivity contribution >= 4 is 24.1 Å². The van der Waals surface area contributed by atoms with Crippen LogP contribution >= 0.6 is 11.8 Å². The second kappa shape index (κ2) is 5.29. The molecule has 4 nitrogen and oxygen atoms in total. The number of hydrogen-bond acceptors (Lipinski definition) is 3. The highest BCUT2D eigenvalue weighted by molar-refractivity contribution is 8.00. The average Bonchev–Trinajstić information content (AvgIpc) is 2.18. The molecule has 0 aliphatic heterocycles. The van der Waals surface area contributed by atoms with Gasteiger partial charge in [0.15, 0.2) is 5.37 Å². The van der Waals surface area contributed by atoms with Crippen molar-refractivity contribution in [2.45, 2.75) is 10.3 Å². The van der Waals surface area contributed by atoms with Gasteiger partial charge in [0.05, 0.1) is 0 Å². The Labute approximate surface area is 85.3 Å². The number of thioether (sulfide) groups is 1. The number of amides is 1. The fourth-order valence-corrected chi connectivity index (χ4v) is 1.66. The molecule has 1 atom stereocenters. The van der Waals surface area contributed by atoms with E-state index in [9.17, 15) is 9.59 Å². The summed E-state index contributed by atoms with van der Waals surface area (Å²) in [4.78, 5) is 21.6. The molecule has 1 aromatic rings. The number of carboxylic acids is 1. The SMILES string of the molecule is O=CN[C@@H](Sc1ccccc1)C(=O)O. The highest BCUT2D eigenvalue weighted by Gasteiger charge is 2.16. The van der Waals surface area contributed by atoms with Crippen LogP contribution in [0.15, 0.2) is 35.2 Å². The lowest BCUT2D eigenvalue weighted by Gasteiger charge is -2.09. The molecule has 0 saturated carbocycles. The zero-order valence-corrected chi connectivity index (χ0v) is 8.03. The van der Waals surface area contributed by atoms with Gasteiger partial charge >= 0.3 is 5.97 Å². The summed E-state index contributed by atoms with van der Waals surface area (Å²) in [5.74, 6) is -1.06. The van der Waals surface area contributed by atoms with Gasteiger partial charge in [0.25, 0.3) is 0 Å². The van der Waals surface area contributed by atoms with Crippen LogP contribution in [0.2, 0.25) is 0 Å². The van der Waals surface area contributed by atoms with Crippen molar-refractivity contribution in [2.75, 3.05) is 0 Å². The van der Waals surface area contributed by atoms with Crippen LogP contribution in [-0.4, -0.2) is 22.9 Å². The van der Waals surface area contributed by atoms with Crippen LogP contribution in [0.25, 0.3) is 0 Å². The van der Waals surface area contributed by atoms with Crippen molar-refractivity contribution in [3.05, 3.63) is 30.3 Å². The fourth-order valence-electron chi connectivity index (χ4n) is 0.853. The van der Waals surface area contributed by atoms with Crippen LogP contribution < -0.4 is 5.32 Å². The Bertz CT molecular complexity index is 315. The second-order valence-corrected chi connectivity index (χ2v) is 3.61. The van der Waals surface area contributed by atoms with E-state index in [-0.39, 0.29) is 0 Å². The van der Waals surface area contributed by atoms with Gasteiger partial charge in [0.2, 0.25) is 6.41 Å². The highest BCUT2D eigenvalue weighted by Crippen LogP contribution is 2.20. The van der Waals surface area contributed by atoms with Gasteiger partial charge in [0, 0.05) is 4.90 Å².